The largest absolute Gasteiger partial charge is 0.376 e. The van der Waals surface area contributed by atoms with Gasteiger partial charge in [-0.1, -0.05) is 13.3 Å². The molecule has 4 rings (SSSR count). The molecule has 0 spiro atoms. The first kappa shape index (κ1) is 17.8. The molecule has 0 radical (unpaired) electrons. The topological polar surface area (TPSA) is 116 Å². The van der Waals surface area contributed by atoms with Gasteiger partial charge >= 0.3 is 0 Å². The minimum Gasteiger partial charge on any atom is -0.376 e. The first-order chi connectivity index (χ1) is 13.6. The second kappa shape index (κ2) is 7.22. The van der Waals surface area contributed by atoms with Gasteiger partial charge in [-0.15, -0.1) is 10.2 Å². The number of nitrogens with one attached hydrogen (secondary N) is 1. The molecule has 3 aromatic rings. The zero-order chi connectivity index (χ0) is 19.7. The van der Waals surface area contributed by atoms with E-state index in [1.54, 1.807) is 24.7 Å². The van der Waals surface area contributed by atoms with Crippen molar-refractivity contribution in [3.63, 3.8) is 0 Å². The summed E-state index contributed by atoms with van der Waals surface area (Å²) in [7, 11) is 0. The van der Waals surface area contributed by atoms with E-state index in [-0.39, 0.29) is 11.7 Å². The lowest BCUT2D eigenvalue weighted by molar-refractivity contribution is 0.0989. The molecule has 0 bridgehead atoms. The van der Waals surface area contributed by atoms with Gasteiger partial charge in [-0.2, -0.15) is 0 Å². The fourth-order valence-electron chi connectivity index (χ4n) is 3.29. The highest BCUT2D eigenvalue weighted by atomic mass is 19.1. The Morgan fingerprint density at radius 2 is 2.21 bits per heavy atom. The lowest BCUT2D eigenvalue weighted by Gasteiger charge is -2.19. The molecule has 0 fully saturated rings. The van der Waals surface area contributed by atoms with Crippen molar-refractivity contribution in [2.24, 2.45) is 5.73 Å². The zero-order valence-corrected chi connectivity index (χ0v) is 15.2. The van der Waals surface area contributed by atoms with Crippen LogP contribution in [0.15, 0.2) is 42.9 Å². The molecule has 1 aliphatic rings. The molecular formula is C18H19FN8O. The fraction of sp³-hybridized carbons (Fsp3) is 0.278. The molecule has 1 unspecified atom stereocenters. The van der Waals surface area contributed by atoms with Crippen LogP contribution >= 0.6 is 0 Å². The van der Waals surface area contributed by atoms with Crippen LogP contribution in [-0.2, 0) is 13.0 Å². The van der Waals surface area contributed by atoms with Crippen LogP contribution in [0.2, 0.25) is 0 Å². The number of allylic oxidation sites excluding steroid dienone is 2. The monoisotopic (exact) mass is 382 g/mol. The number of carbonyl (C=O) groups is 1. The average molecular weight is 382 g/mol. The number of imidazole rings is 1. The van der Waals surface area contributed by atoms with E-state index < -0.39 is 11.9 Å². The molecule has 144 valence electrons. The van der Waals surface area contributed by atoms with E-state index in [2.05, 4.69) is 25.5 Å². The Hall–Kier alpha value is -3.56. The minimum atomic E-state index is -0.667. The molecule has 0 aromatic carbocycles. The normalized spacial score (nSPS) is 16.2. The van der Waals surface area contributed by atoms with Crippen LogP contribution in [0.4, 0.5) is 4.39 Å². The number of dihydropyridines is 1. The number of aryl methyl sites for hydroxylation is 1. The van der Waals surface area contributed by atoms with Crippen LogP contribution in [0.25, 0.3) is 5.65 Å². The summed E-state index contributed by atoms with van der Waals surface area (Å²) in [5.41, 5.74) is 7.53. The minimum absolute atomic E-state index is 0.0418. The lowest BCUT2D eigenvalue weighted by atomic mass is 10.1. The number of amides is 1. The first-order valence-electron chi connectivity index (χ1n) is 8.90. The zero-order valence-electron chi connectivity index (χ0n) is 15.2. The Morgan fingerprint density at radius 1 is 1.36 bits per heavy atom. The van der Waals surface area contributed by atoms with Crippen molar-refractivity contribution in [1.29, 1.82) is 0 Å². The predicted molar refractivity (Wildman–Crippen MR) is 98.8 cm³/mol. The van der Waals surface area contributed by atoms with Gasteiger partial charge in [0.25, 0.3) is 5.91 Å². The van der Waals surface area contributed by atoms with Crippen molar-refractivity contribution in [3.8, 4) is 0 Å². The summed E-state index contributed by atoms with van der Waals surface area (Å²) in [4.78, 5) is 20.4. The molecule has 0 saturated carbocycles. The number of carbonyl (C=O) groups excluding carboxylic acids is 1. The highest BCUT2D eigenvalue weighted by Crippen LogP contribution is 2.25. The summed E-state index contributed by atoms with van der Waals surface area (Å²) in [6.07, 6.45) is 11.2. The summed E-state index contributed by atoms with van der Waals surface area (Å²) in [6, 6.07) is -0.645. The van der Waals surface area contributed by atoms with E-state index in [1.165, 1.54) is 16.8 Å². The number of halogens is 1. The molecule has 3 aromatic heterocycles. The third kappa shape index (κ3) is 3.02. The molecule has 1 atom stereocenters. The Labute approximate surface area is 159 Å². The van der Waals surface area contributed by atoms with Crippen molar-refractivity contribution < 1.29 is 9.18 Å². The Bertz CT molecular complexity index is 1100. The molecule has 4 heterocycles. The van der Waals surface area contributed by atoms with E-state index in [0.717, 1.165) is 17.7 Å². The van der Waals surface area contributed by atoms with Gasteiger partial charge in [0, 0.05) is 18.0 Å². The molecule has 0 saturated heterocycles. The third-order valence-electron chi connectivity index (χ3n) is 4.58. The number of aromatic nitrogens is 6. The fourth-order valence-corrected chi connectivity index (χ4v) is 3.29. The van der Waals surface area contributed by atoms with Crippen LogP contribution in [-0.4, -0.2) is 35.0 Å². The molecule has 10 heteroatoms. The molecule has 28 heavy (non-hydrogen) atoms. The number of nitrogens with zero attached hydrogens (tertiary/aromatic N) is 6. The second-order valence-electron chi connectivity index (χ2n) is 6.42. The molecule has 3 N–H and O–H groups in total. The smallest absolute Gasteiger partial charge is 0.287 e. The highest BCUT2D eigenvalue weighted by Gasteiger charge is 2.23. The second-order valence-corrected chi connectivity index (χ2v) is 6.42. The number of hydrogen-bond donors (Lipinski definition) is 2. The van der Waals surface area contributed by atoms with Crippen molar-refractivity contribution in [2.75, 3.05) is 0 Å². The molecule has 9 nitrogen and oxygen atoms in total. The molecule has 1 aliphatic heterocycles. The van der Waals surface area contributed by atoms with E-state index in [0.29, 0.717) is 24.4 Å². The number of primary amides is 1. The average Bonchev–Trinajstić information content (AvgIpc) is 3.31. The predicted octanol–water partition coefficient (Wildman–Crippen LogP) is 1.43. The van der Waals surface area contributed by atoms with Crippen LogP contribution in [0, 0.1) is 0 Å². The van der Waals surface area contributed by atoms with Gasteiger partial charge in [0.1, 0.15) is 24.0 Å². The Balaban J connectivity index is 1.74. The highest BCUT2D eigenvalue weighted by molar-refractivity contribution is 5.89. The van der Waals surface area contributed by atoms with Gasteiger partial charge in [-0.05, 0) is 24.8 Å². The first-order valence-corrected chi connectivity index (χ1v) is 8.90. The summed E-state index contributed by atoms with van der Waals surface area (Å²) >= 11 is 0. The van der Waals surface area contributed by atoms with Gasteiger partial charge in [0.2, 0.25) is 5.82 Å². The number of nitrogens with two attached hydrogens (primary N) is 1. The maximum Gasteiger partial charge on any atom is 0.287 e. The van der Waals surface area contributed by atoms with Gasteiger partial charge in [0.05, 0.1) is 12.2 Å². The number of rotatable bonds is 6. The van der Waals surface area contributed by atoms with Gasteiger partial charge in [-0.25, -0.2) is 14.4 Å². The Kier molecular flexibility index (Phi) is 4.60. The molecule has 1 amide bonds. The van der Waals surface area contributed by atoms with E-state index in [4.69, 9.17) is 5.73 Å². The van der Waals surface area contributed by atoms with E-state index >= 15 is 0 Å². The van der Waals surface area contributed by atoms with Crippen LogP contribution in [0.1, 0.15) is 47.1 Å². The van der Waals surface area contributed by atoms with Gasteiger partial charge < -0.3 is 15.6 Å². The maximum atomic E-state index is 14.2. The van der Waals surface area contributed by atoms with Gasteiger partial charge in [0.15, 0.2) is 5.65 Å². The van der Waals surface area contributed by atoms with Crippen LogP contribution in [0.5, 0.6) is 0 Å². The van der Waals surface area contributed by atoms with Crippen molar-refractivity contribution in [1.82, 2.24) is 34.4 Å². The Morgan fingerprint density at radius 3 is 2.96 bits per heavy atom. The lowest BCUT2D eigenvalue weighted by Crippen LogP contribution is -2.23. The third-order valence-corrected chi connectivity index (χ3v) is 4.58. The molecular weight excluding hydrogens is 363 g/mol. The van der Waals surface area contributed by atoms with Gasteiger partial charge in [-0.3, -0.25) is 9.20 Å². The number of hydrogen-bond acceptors (Lipinski definition) is 6. The van der Waals surface area contributed by atoms with Crippen molar-refractivity contribution >= 4 is 11.6 Å². The van der Waals surface area contributed by atoms with Crippen LogP contribution < -0.4 is 11.1 Å². The standard InChI is InChI=1S/C18H19FN8O/c1-2-4-11-13(23-10-27-16(11)24-25-18(27)15(20)28)9-26-8-7-22-17(26)14-12(19)5-3-6-21-14/h3,5-8,10,14,21H,2,4,9H2,1H3,(H2,20,28). The maximum absolute atomic E-state index is 14.2. The van der Waals surface area contributed by atoms with Crippen LogP contribution in [0.3, 0.4) is 0 Å². The SMILES string of the molecule is CCCc1c(Cn2ccnc2C2NC=CC=C2F)ncn2c(C(N)=O)nnc12. The van der Waals surface area contributed by atoms with Crippen molar-refractivity contribution in [3.05, 3.63) is 65.8 Å². The summed E-state index contributed by atoms with van der Waals surface area (Å²) in [5, 5.41) is 11.0. The molecule has 0 aliphatic carbocycles. The van der Waals surface area contributed by atoms with Crippen molar-refractivity contribution in [2.45, 2.75) is 32.4 Å². The van der Waals surface area contributed by atoms with E-state index in [9.17, 15) is 9.18 Å². The summed E-state index contributed by atoms with van der Waals surface area (Å²) in [6.45, 7) is 2.43. The quantitative estimate of drug-likeness (QED) is 0.666. The summed E-state index contributed by atoms with van der Waals surface area (Å²) < 4.78 is 17.6. The number of fused-ring (bicyclic) bond motifs is 1. The van der Waals surface area contributed by atoms with E-state index in [1.807, 2.05) is 11.5 Å². The summed E-state index contributed by atoms with van der Waals surface area (Å²) in [5.74, 6) is -0.391.